The third kappa shape index (κ3) is 6.59. The second kappa shape index (κ2) is 12.4. The van der Waals surface area contributed by atoms with Crippen molar-refractivity contribution in [1.29, 1.82) is 0 Å². The van der Waals surface area contributed by atoms with Gasteiger partial charge >= 0.3 is 12.0 Å². The van der Waals surface area contributed by atoms with Gasteiger partial charge in [0.1, 0.15) is 5.75 Å². The lowest BCUT2D eigenvalue weighted by Crippen LogP contribution is -2.35. The average molecular weight is 463 g/mol. The number of aliphatic hydroxyl groups is 1. The van der Waals surface area contributed by atoms with Crippen molar-refractivity contribution in [2.45, 2.75) is 19.4 Å². The second-order valence-corrected chi connectivity index (χ2v) is 7.75. The van der Waals surface area contributed by atoms with E-state index in [9.17, 15) is 9.59 Å². The van der Waals surface area contributed by atoms with E-state index >= 15 is 0 Å². The van der Waals surface area contributed by atoms with E-state index in [-0.39, 0.29) is 12.6 Å². The number of unbranched alkanes of at least 4 members (excludes halogenated alkanes) is 1. The Kier molecular flexibility index (Phi) is 9.05. The van der Waals surface area contributed by atoms with E-state index in [2.05, 4.69) is 5.32 Å². The number of benzene rings is 3. The first-order valence-electron chi connectivity index (χ1n) is 11.1. The van der Waals surface area contributed by atoms with Crippen molar-refractivity contribution >= 4 is 17.7 Å². The minimum absolute atomic E-state index is 0.0675. The Bertz CT molecular complexity index is 1080. The molecular weight excluding hydrogens is 432 g/mol. The van der Waals surface area contributed by atoms with Gasteiger partial charge in [0.15, 0.2) is 0 Å². The van der Waals surface area contributed by atoms with E-state index in [0.29, 0.717) is 42.9 Å². The molecule has 0 radical (unpaired) electrons. The molecule has 34 heavy (non-hydrogen) atoms. The van der Waals surface area contributed by atoms with Gasteiger partial charge in [0.25, 0.3) is 0 Å². The van der Waals surface area contributed by atoms with Crippen LogP contribution in [0.2, 0.25) is 0 Å². The minimum atomic E-state index is -0.407. The minimum Gasteiger partial charge on any atom is -0.495 e. The number of hydrogen-bond donors (Lipinski definition) is 2. The number of methoxy groups -OCH3 is 2. The summed E-state index contributed by atoms with van der Waals surface area (Å²) in [5, 5.41) is 12.1. The molecule has 0 saturated heterocycles. The van der Waals surface area contributed by atoms with Gasteiger partial charge in [0.05, 0.1) is 25.5 Å². The largest absolute Gasteiger partial charge is 0.495 e. The second-order valence-electron chi connectivity index (χ2n) is 7.75. The van der Waals surface area contributed by atoms with Gasteiger partial charge < -0.3 is 24.8 Å². The number of carbonyl (C=O) groups is 2. The van der Waals surface area contributed by atoms with Crippen molar-refractivity contribution in [3.05, 3.63) is 83.9 Å². The SMILES string of the molecule is COC(=O)c1ccc(CN(CCCCO)C(=O)Nc2ccc(-c3ccccc3)cc2OC)cc1. The number of urea groups is 1. The molecule has 178 valence electrons. The summed E-state index contributed by atoms with van der Waals surface area (Å²) in [5.74, 6) is 0.155. The van der Waals surface area contributed by atoms with Crippen molar-refractivity contribution in [1.82, 2.24) is 4.90 Å². The molecule has 0 aliphatic rings. The Morgan fingerprint density at radius 2 is 1.65 bits per heavy atom. The summed E-state index contributed by atoms with van der Waals surface area (Å²) in [6, 6.07) is 22.3. The monoisotopic (exact) mass is 462 g/mol. The molecule has 2 N–H and O–H groups in total. The summed E-state index contributed by atoms with van der Waals surface area (Å²) < 4.78 is 10.3. The summed E-state index contributed by atoms with van der Waals surface area (Å²) in [6.07, 6.45) is 1.26. The van der Waals surface area contributed by atoms with Gasteiger partial charge in [0, 0.05) is 19.7 Å². The average Bonchev–Trinajstić information content (AvgIpc) is 2.88. The Morgan fingerprint density at radius 1 is 0.912 bits per heavy atom. The van der Waals surface area contributed by atoms with Gasteiger partial charge in [0.2, 0.25) is 0 Å². The number of esters is 1. The Balaban J connectivity index is 1.76. The van der Waals surface area contributed by atoms with E-state index < -0.39 is 5.97 Å². The van der Waals surface area contributed by atoms with Crippen molar-refractivity contribution in [3.8, 4) is 16.9 Å². The summed E-state index contributed by atoms with van der Waals surface area (Å²) in [6.45, 7) is 0.886. The van der Waals surface area contributed by atoms with Crippen LogP contribution in [0.15, 0.2) is 72.8 Å². The summed E-state index contributed by atoms with van der Waals surface area (Å²) in [7, 11) is 2.91. The zero-order valence-electron chi connectivity index (χ0n) is 19.5. The van der Waals surface area contributed by atoms with E-state index in [0.717, 1.165) is 16.7 Å². The van der Waals surface area contributed by atoms with E-state index in [1.807, 2.05) is 48.5 Å². The van der Waals surface area contributed by atoms with Gasteiger partial charge in [-0.05, 0) is 53.8 Å². The number of hydrogen-bond acceptors (Lipinski definition) is 5. The standard InChI is InChI=1S/C27H30N2O5/c1-33-25-18-23(21-8-4-3-5-9-21)14-15-24(25)28-27(32)29(16-6-7-17-30)19-20-10-12-22(13-11-20)26(31)34-2/h3-5,8-15,18,30H,6-7,16-17,19H2,1-2H3,(H,28,32). The van der Waals surface area contributed by atoms with Gasteiger partial charge in [-0.2, -0.15) is 0 Å². The molecule has 3 rings (SSSR count). The molecule has 0 spiro atoms. The molecular formula is C27H30N2O5. The molecule has 2 amide bonds. The zero-order valence-corrected chi connectivity index (χ0v) is 19.5. The predicted molar refractivity (Wildman–Crippen MR) is 132 cm³/mol. The fourth-order valence-corrected chi connectivity index (χ4v) is 3.55. The fourth-order valence-electron chi connectivity index (χ4n) is 3.55. The van der Waals surface area contributed by atoms with E-state index in [4.69, 9.17) is 14.6 Å². The van der Waals surface area contributed by atoms with Gasteiger partial charge in [-0.1, -0.05) is 48.5 Å². The molecule has 7 nitrogen and oxygen atoms in total. The number of carbonyl (C=O) groups excluding carboxylic acids is 2. The normalized spacial score (nSPS) is 10.4. The molecule has 3 aromatic rings. The highest BCUT2D eigenvalue weighted by Gasteiger charge is 2.17. The lowest BCUT2D eigenvalue weighted by molar-refractivity contribution is 0.0600. The van der Waals surface area contributed by atoms with Crippen molar-refractivity contribution in [2.24, 2.45) is 0 Å². The topological polar surface area (TPSA) is 88.1 Å². The van der Waals surface area contributed by atoms with E-state index in [1.165, 1.54) is 7.11 Å². The molecule has 0 atom stereocenters. The Hall–Kier alpha value is -3.84. The maximum Gasteiger partial charge on any atom is 0.337 e. The first kappa shape index (κ1) is 24.8. The lowest BCUT2D eigenvalue weighted by Gasteiger charge is -2.24. The number of nitrogens with zero attached hydrogens (tertiary/aromatic N) is 1. The molecule has 0 bridgehead atoms. The van der Waals surface area contributed by atoms with Crippen LogP contribution in [-0.4, -0.2) is 49.4 Å². The number of ether oxygens (including phenoxy) is 2. The maximum absolute atomic E-state index is 13.2. The number of aliphatic hydroxyl groups excluding tert-OH is 1. The molecule has 0 saturated carbocycles. The fraction of sp³-hybridized carbons (Fsp3) is 0.259. The Morgan fingerprint density at radius 3 is 2.29 bits per heavy atom. The number of anilines is 1. The molecule has 0 aliphatic carbocycles. The number of rotatable bonds is 10. The lowest BCUT2D eigenvalue weighted by atomic mass is 10.0. The molecule has 7 heteroatoms. The number of nitrogens with one attached hydrogen (secondary N) is 1. The van der Waals surface area contributed by atoms with Crippen molar-refractivity contribution < 1.29 is 24.2 Å². The molecule has 0 fully saturated rings. The van der Waals surface area contributed by atoms with Crippen LogP contribution in [0.5, 0.6) is 5.75 Å². The van der Waals surface area contributed by atoms with Crippen LogP contribution in [0.1, 0.15) is 28.8 Å². The third-order valence-corrected chi connectivity index (χ3v) is 5.42. The summed E-state index contributed by atoms with van der Waals surface area (Å²) >= 11 is 0. The van der Waals surface area contributed by atoms with Crippen LogP contribution in [-0.2, 0) is 11.3 Å². The molecule has 0 aliphatic heterocycles. The van der Waals surface area contributed by atoms with Crippen molar-refractivity contribution in [2.75, 3.05) is 32.7 Å². The highest BCUT2D eigenvalue weighted by atomic mass is 16.5. The molecule has 0 heterocycles. The highest BCUT2D eigenvalue weighted by molar-refractivity contribution is 5.92. The van der Waals surface area contributed by atoms with Crippen LogP contribution >= 0.6 is 0 Å². The van der Waals surface area contributed by atoms with Crippen LogP contribution in [0.3, 0.4) is 0 Å². The quantitative estimate of drug-likeness (QED) is 0.329. The first-order chi connectivity index (χ1) is 16.5. The smallest absolute Gasteiger partial charge is 0.337 e. The molecule has 3 aromatic carbocycles. The van der Waals surface area contributed by atoms with E-state index in [1.54, 1.807) is 36.3 Å². The third-order valence-electron chi connectivity index (χ3n) is 5.42. The Labute approximate surface area is 199 Å². The number of amides is 2. The highest BCUT2D eigenvalue weighted by Crippen LogP contribution is 2.31. The summed E-state index contributed by atoms with van der Waals surface area (Å²) in [4.78, 5) is 26.5. The maximum atomic E-state index is 13.2. The van der Waals surface area contributed by atoms with Crippen LogP contribution in [0.25, 0.3) is 11.1 Å². The predicted octanol–water partition coefficient (Wildman–Crippen LogP) is 4.96. The molecule has 0 aromatic heterocycles. The van der Waals surface area contributed by atoms with Crippen LogP contribution in [0, 0.1) is 0 Å². The van der Waals surface area contributed by atoms with Gasteiger partial charge in [-0.25, -0.2) is 9.59 Å². The zero-order chi connectivity index (χ0) is 24.3. The van der Waals surface area contributed by atoms with Gasteiger partial charge in [-0.15, -0.1) is 0 Å². The van der Waals surface area contributed by atoms with Gasteiger partial charge in [-0.3, -0.25) is 0 Å². The molecule has 0 unspecified atom stereocenters. The first-order valence-corrected chi connectivity index (χ1v) is 11.1. The van der Waals surface area contributed by atoms with Crippen LogP contribution < -0.4 is 10.1 Å². The van der Waals surface area contributed by atoms with Crippen LogP contribution in [0.4, 0.5) is 10.5 Å². The van der Waals surface area contributed by atoms with Crippen molar-refractivity contribution in [3.63, 3.8) is 0 Å². The summed E-state index contributed by atoms with van der Waals surface area (Å²) in [5.41, 5.74) is 3.94.